The van der Waals surface area contributed by atoms with Crippen molar-refractivity contribution in [2.24, 2.45) is 7.05 Å². The van der Waals surface area contributed by atoms with Gasteiger partial charge in [-0.3, -0.25) is 4.68 Å². The third kappa shape index (κ3) is 2.17. The molecular weight excluding hydrogens is 276 g/mol. The Kier molecular flexibility index (Phi) is 3.26. The van der Waals surface area contributed by atoms with Crippen LogP contribution in [-0.2, 0) is 7.05 Å². The van der Waals surface area contributed by atoms with Crippen LogP contribution >= 0.6 is 0 Å². The van der Waals surface area contributed by atoms with Crippen molar-refractivity contribution in [3.63, 3.8) is 0 Å². The maximum atomic E-state index is 9.36. The van der Waals surface area contributed by atoms with Crippen LogP contribution in [0.5, 0.6) is 0 Å². The zero-order valence-corrected chi connectivity index (χ0v) is 13.0. The first-order chi connectivity index (χ1) is 10.5. The smallest absolute Gasteiger partial charge is 0.187 e. The Morgan fingerprint density at radius 3 is 2.55 bits per heavy atom. The van der Waals surface area contributed by atoms with E-state index in [1.165, 1.54) is 0 Å². The molecular formula is C16H16N6. The molecule has 0 atom stereocenters. The minimum Gasteiger partial charge on any atom is -0.350 e. The lowest BCUT2D eigenvalue weighted by molar-refractivity contribution is 0.731. The largest absolute Gasteiger partial charge is 0.350 e. The number of anilines is 2. The Hall–Kier alpha value is -2.94. The van der Waals surface area contributed by atoms with Crippen molar-refractivity contribution in [3.8, 4) is 6.07 Å². The van der Waals surface area contributed by atoms with E-state index in [1.54, 1.807) is 0 Å². The van der Waals surface area contributed by atoms with Gasteiger partial charge in [0.25, 0.3) is 0 Å². The monoisotopic (exact) mass is 292 g/mol. The highest BCUT2D eigenvalue weighted by Gasteiger charge is 2.15. The van der Waals surface area contributed by atoms with Crippen LogP contribution in [0.15, 0.2) is 18.2 Å². The van der Waals surface area contributed by atoms with Crippen molar-refractivity contribution < 1.29 is 0 Å². The van der Waals surface area contributed by atoms with Crippen LogP contribution in [-0.4, -0.2) is 20.0 Å². The lowest BCUT2D eigenvalue weighted by atomic mass is 10.1. The van der Waals surface area contributed by atoms with Crippen molar-refractivity contribution in [1.29, 1.82) is 5.26 Å². The number of hydrogen-bond donors (Lipinski definition) is 1. The molecule has 0 fully saturated rings. The summed E-state index contributed by atoms with van der Waals surface area (Å²) in [5, 5.41) is 26.1. The summed E-state index contributed by atoms with van der Waals surface area (Å²) in [6.45, 7) is 5.93. The molecule has 0 unspecified atom stereocenters. The average molecular weight is 292 g/mol. The number of aromatic nitrogens is 4. The fourth-order valence-electron chi connectivity index (χ4n) is 2.50. The van der Waals surface area contributed by atoms with Gasteiger partial charge in [-0.2, -0.15) is 10.4 Å². The van der Waals surface area contributed by atoms with Crippen LogP contribution in [0.1, 0.15) is 22.6 Å². The summed E-state index contributed by atoms with van der Waals surface area (Å²) in [5.74, 6) is 0. The van der Waals surface area contributed by atoms with Gasteiger partial charge in [-0.15, -0.1) is 10.2 Å². The molecule has 3 rings (SSSR count). The number of fused-ring (bicyclic) bond motifs is 1. The van der Waals surface area contributed by atoms with Gasteiger partial charge in [0, 0.05) is 12.4 Å². The molecule has 0 saturated heterocycles. The SMILES string of the molecule is Cc1ccc2nnc(C#N)c(Nc3c(C)nn(C)c3C)c2c1. The Labute approximate surface area is 128 Å². The molecule has 0 radical (unpaired) electrons. The van der Waals surface area contributed by atoms with Gasteiger partial charge < -0.3 is 5.32 Å². The highest BCUT2D eigenvalue weighted by molar-refractivity contribution is 5.95. The first-order valence-corrected chi connectivity index (χ1v) is 6.95. The van der Waals surface area contributed by atoms with E-state index in [0.717, 1.165) is 33.5 Å². The van der Waals surface area contributed by atoms with Gasteiger partial charge >= 0.3 is 0 Å². The van der Waals surface area contributed by atoms with E-state index in [-0.39, 0.29) is 5.69 Å². The van der Waals surface area contributed by atoms with Gasteiger partial charge in [0.2, 0.25) is 0 Å². The second-order valence-electron chi connectivity index (χ2n) is 5.35. The molecule has 1 aromatic carbocycles. The molecule has 2 heterocycles. The van der Waals surface area contributed by atoms with Gasteiger partial charge in [0.15, 0.2) is 5.69 Å². The van der Waals surface area contributed by atoms with E-state index in [4.69, 9.17) is 0 Å². The fraction of sp³-hybridized carbons (Fsp3) is 0.250. The van der Waals surface area contributed by atoms with Crippen LogP contribution < -0.4 is 5.32 Å². The number of nitrogens with one attached hydrogen (secondary N) is 1. The van der Waals surface area contributed by atoms with Crippen LogP contribution in [0.25, 0.3) is 10.9 Å². The van der Waals surface area contributed by atoms with E-state index in [1.807, 2.05) is 50.7 Å². The number of nitrogens with zero attached hydrogens (tertiary/aromatic N) is 5. The standard InChI is InChI=1S/C16H16N6/c1-9-5-6-13-12(7-9)16(14(8-17)20-19-13)18-15-10(2)21-22(4)11(15)3/h5-7H,1-4H3,(H,18,19). The number of benzene rings is 1. The summed E-state index contributed by atoms with van der Waals surface area (Å²) in [6.07, 6.45) is 0. The van der Waals surface area contributed by atoms with Gasteiger partial charge in [0.05, 0.1) is 28.3 Å². The maximum Gasteiger partial charge on any atom is 0.187 e. The third-order valence-electron chi connectivity index (χ3n) is 3.78. The first-order valence-electron chi connectivity index (χ1n) is 6.95. The molecule has 0 spiro atoms. The van der Waals surface area contributed by atoms with E-state index in [0.29, 0.717) is 5.69 Å². The second-order valence-corrected chi connectivity index (χ2v) is 5.35. The van der Waals surface area contributed by atoms with Crippen molar-refractivity contribution in [2.75, 3.05) is 5.32 Å². The topological polar surface area (TPSA) is 79.4 Å². The van der Waals surface area contributed by atoms with Crippen molar-refractivity contribution in [2.45, 2.75) is 20.8 Å². The number of rotatable bonds is 2. The van der Waals surface area contributed by atoms with Gasteiger partial charge in [0.1, 0.15) is 6.07 Å². The Morgan fingerprint density at radius 1 is 1.14 bits per heavy atom. The maximum absolute atomic E-state index is 9.36. The molecule has 0 aliphatic carbocycles. The molecule has 3 aromatic rings. The molecule has 0 saturated carbocycles. The predicted molar refractivity (Wildman–Crippen MR) is 85.0 cm³/mol. The van der Waals surface area contributed by atoms with E-state index in [9.17, 15) is 5.26 Å². The molecule has 6 nitrogen and oxygen atoms in total. The highest BCUT2D eigenvalue weighted by atomic mass is 15.3. The summed E-state index contributed by atoms with van der Waals surface area (Å²) in [4.78, 5) is 0. The molecule has 0 amide bonds. The molecule has 2 aromatic heterocycles. The fourth-order valence-corrected chi connectivity index (χ4v) is 2.50. The van der Waals surface area contributed by atoms with Crippen molar-refractivity contribution >= 4 is 22.3 Å². The van der Waals surface area contributed by atoms with Crippen LogP contribution in [0.2, 0.25) is 0 Å². The lowest BCUT2D eigenvalue weighted by Crippen LogP contribution is -2.02. The number of nitriles is 1. The quantitative estimate of drug-likeness (QED) is 0.785. The highest BCUT2D eigenvalue weighted by Crippen LogP contribution is 2.30. The summed E-state index contributed by atoms with van der Waals surface area (Å²) >= 11 is 0. The minimum atomic E-state index is 0.278. The molecule has 1 N–H and O–H groups in total. The van der Waals surface area contributed by atoms with E-state index >= 15 is 0 Å². The molecule has 0 aliphatic rings. The van der Waals surface area contributed by atoms with Gasteiger partial charge in [-0.1, -0.05) is 11.6 Å². The predicted octanol–water partition coefficient (Wildman–Crippen LogP) is 2.90. The Bertz CT molecular complexity index is 917. The summed E-state index contributed by atoms with van der Waals surface area (Å²) in [6, 6.07) is 8.01. The minimum absolute atomic E-state index is 0.278. The summed E-state index contributed by atoms with van der Waals surface area (Å²) in [5.41, 5.74) is 5.59. The van der Waals surface area contributed by atoms with Crippen LogP contribution in [0.3, 0.4) is 0 Å². The van der Waals surface area contributed by atoms with Gasteiger partial charge in [-0.05, 0) is 32.9 Å². The number of hydrogen-bond acceptors (Lipinski definition) is 5. The van der Waals surface area contributed by atoms with Crippen molar-refractivity contribution in [3.05, 3.63) is 40.8 Å². The second kappa shape index (κ2) is 5.11. The van der Waals surface area contributed by atoms with Crippen molar-refractivity contribution in [1.82, 2.24) is 20.0 Å². The first kappa shape index (κ1) is 14.0. The van der Waals surface area contributed by atoms with E-state index in [2.05, 4.69) is 26.7 Å². The summed E-state index contributed by atoms with van der Waals surface area (Å²) < 4.78 is 1.81. The lowest BCUT2D eigenvalue weighted by Gasteiger charge is -2.11. The third-order valence-corrected chi connectivity index (χ3v) is 3.78. The molecule has 22 heavy (non-hydrogen) atoms. The van der Waals surface area contributed by atoms with Gasteiger partial charge in [-0.25, -0.2) is 0 Å². The zero-order valence-electron chi connectivity index (χ0n) is 13.0. The molecule has 110 valence electrons. The van der Waals surface area contributed by atoms with E-state index < -0.39 is 0 Å². The molecule has 0 bridgehead atoms. The molecule has 0 aliphatic heterocycles. The zero-order chi connectivity index (χ0) is 15.9. The number of aryl methyl sites for hydroxylation is 3. The van der Waals surface area contributed by atoms with Crippen LogP contribution in [0, 0.1) is 32.1 Å². The Morgan fingerprint density at radius 2 is 1.91 bits per heavy atom. The summed E-state index contributed by atoms with van der Waals surface area (Å²) in [7, 11) is 1.89. The normalized spacial score (nSPS) is 10.7. The average Bonchev–Trinajstić information content (AvgIpc) is 2.74. The Balaban J connectivity index is 2.25. The van der Waals surface area contributed by atoms with Crippen LogP contribution in [0.4, 0.5) is 11.4 Å². The molecule has 6 heteroatoms.